The molecule has 0 aliphatic carbocycles. The van der Waals surface area contributed by atoms with Crippen LogP contribution in [0, 0.1) is 5.92 Å². The predicted octanol–water partition coefficient (Wildman–Crippen LogP) is 3.17. The third kappa shape index (κ3) is 2.94. The third-order valence-electron chi connectivity index (χ3n) is 3.30. The van der Waals surface area contributed by atoms with Crippen LogP contribution in [0.5, 0.6) is 0 Å². The lowest BCUT2D eigenvalue weighted by Gasteiger charge is -2.20. The highest BCUT2D eigenvalue weighted by Gasteiger charge is 2.26. The minimum absolute atomic E-state index is 0.154. The largest absolute Gasteiger partial charge is 0.315 e. The summed E-state index contributed by atoms with van der Waals surface area (Å²) < 4.78 is 0. The van der Waals surface area contributed by atoms with E-state index in [1.54, 1.807) is 38.2 Å². The van der Waals surface area contributed by atoms with Crippen LogP contribution in [0.2, 0.25) is 0 Å². The Morgan fingerprint density at radius 3 is 1.95 bits per heavy atom. The Hall–Kier alpha value is -2.42. The second-order valence-electron chi connectivity index (χ2n) is 4.68. The van der Waals surface area contributed by atoms with Crippen LogP contribution in [0.25, 0.3) is 0 Å². The number of hydrogen-bond acceptors (Lipinski definition) is 2. The molecule has 1 unspecified atom stereocenters. The van der Waals surface area contributed by atoms with Gasteiger partial charge in [0, 0.05) is 18.3 Å². The van der Waals surface area contributed by atoms with Gasteiger partial charge in [-0.05, 0) is 19.1 Å². The van der Waals surface area contributed by atoms with E-state index in [0.29, 0.717) is 5.56 Å². The van der Waals surface area contributed by atoms with E-state index in [2.05, 4.69) is 0 Å². The minimum atomic E-state index is -0.692. The number of anilines is 1. The Morgan fingerprint density at radius 2 is 1.40 bits per heavy atom. The number of benzene rings is 2. The van der Waals surface area contributed by atoms with Crippen molar-refractivity contribution in [3.8, 4) is 0 Å². The number of carbonyl (C=O) groups is 2. The molecule has 3 nitrogen and oxygen atoms in total. The van der Waals surface area contributed by atoms with Gasteiger partial charge in [-0.1, -0.05) is 48.5 Å². The Bertz CT molecular complexity index is 593. The Balaban J connectivity index is 2.15. The molecule has 0 bridgehead atoms. The van der Waals surface area contributed by atoms with Crippen molar-refractivity contribution in [3.63, 3.8) is 0 Å². The number of ketones is 1. The molecule has 0 saturated carbocycles. The van der Waals surface area contributed by atoms with Crippen molar-refractivity contribution >= 4 is 17.4 Å². The molecule has 0 aliphatic rings. The Kier molecular flexibility index (Phi) is 4.31. The van der Waals surface area contributed by atoms with Crippen LogP contribution >= 0.6 is 0 Å². The molecule has 2 aromatic carbocycles. The Labute approximate surface area is 118 Å². The first-order chi connectivity index (χ1) is 9.61. The normalized spacial score (nSPS) is 11.7. The van der Waals surface area contributed by atoms with Gasteiger partial charge in [-0.15, -0.1) is 0 Å². The summed E-state index contributed by atoms with van der Waals surface area (Å²) in [4.78, 5) is 26.2. The predicted molar refractivity (Wildman–Crippen MR) is 79.8 cm³/mol. The second-order valence-corrected chi connectivity index (χ2v) is 4.68. The molecule has 102 valence electrons. The second kappa shape index (κ2) is 6.15. The fourth-order valence-corrected chi connectivity index (χ4v) is 2.03. The number of carbonyl (C=O) groups excluding carboxylic acids is 2. The zero-order valence-corrected chi connectivity index (χ0v) is 11.6. The maximum Gasteiger partial charge on any atom is 0.237 e. The number of para-hydroxylation sites is 1. The highest BCUT2D eigenvalue weighted by atomic mass is 16.2. The van der Waals surface area contributed by atoms with Gasteiger partial charge in [-0.25, -0.2) is 0 Å². The summed E-state index contributed by atoms with van der Waals surface area (Å²) in [5.41, 5.74) is 1.35. The molecular formula is C17H17NO2. The smallest absolute Gasteiger partial charge is 0.237 e. The van der Waals surface area contributed by atoms with Gasteiger partial charge in [0.2, 0.25) is 5.91 Å². The molecule has 0 radical (unpaired) electrons. The van der Waals surface area contributed by atoms with Crippen LogP contribution < -0.4 is 4.90 Å². The molecule has 3 heteroatoms. The molecule has 2 aromatic rings. The van der Waals surface area contributed by atoms with E-state index < -0.39 is 5.92 Å². The van der Waals surface area contributed by atoms with Crippen molar-refractivity contribution in [2.24, 2.45) is 5.92 Å². The van der Waals surface area contributed by atoms with E-state index in [9.17, 15) is 9.59 Å². The molecule has 0 aliphatic heterocycles. The van der Waals surface area contributed by atoms with Crippen molar-refractivity contribution in [2.75, 3.05) is 11.9 Å². The van der Waals surface area contributed by atoms with Crippen molar-refractivity contribution in [3.05, 3.63) is 66.2 Å². The fraction of sp³-hybridized carbons (Fsp3) is 0.176. The lowest BCUT2D eigenvalue weighted by atomic mass is 9.98. The van der Waals surface area contributed by atoms with E-state index in [4.69, 9.17) is 0 Å². The quantitative estimate of drug-likeness (QED) is 0.630. The molecular weight excluding hydrogens is 250 g/mol. The number of rotatable bonds is 4. The fourth-order valence-electron chi connectivity index (χ4n) is 2.03. The zero-order chi connectivity index (χ0) is 14.5. The topological polar surface area (TPSA) is 37.4 Å². The first-order valence-corrected chi connectivity index (χ1v) is 6.53. The van der Waals surface area contributed by atoms with Crippen LogP contribution in [0.1, 0.15) is 17.3 Å². The summed E-state index contributed by atoms with van der Waals surface area (Å²) in [5, 5.41) is 0. The van der Waals surface area contributed by atoms with Gasteiger partial charge < -0.3 is 4.90 Å². The van der Waals surface area contributed by atoms with Crippen molar-refractivity contribution in [1.82, 2.24) is 0 Å². The average Bonchev–Trinajstić information content (AvgIpc) is 2.53. The molecule has 0 saturated heterocycles. The van der Waals surface area contributed by atoms with Crippen LogP contribution in [-0.2, 0) is 4.79 Å². The van der Waals surface area contributed by atoms with Crippen molar-refractivity contribution < 1.29 is 9.59 Å². The van der Waals surface area contributed by atoms with Crippen molar-refractivity contribution in [1.29, 1.82) is 0 Å². The van der Waals surface area contributed by atoms with E-state index in [0.717, 1.165) is 5.69 Å². The summed E-state index contributed by atoms with van der Waals surface area (Å²) in [6.45, 7) is 1.65. The SMILES string of the molecule is CC(C(=O)c1ccccc1)C(=O)N(C)c1ccccc1. The maximum absolute atomic E-state index is 12.4. The summed E-state index contributed by atoms with van der Waals surface area (Å²) >= 11 is 0. The monoisotopic (exact) mass is 267 g/mol. The van der Waals surface area contributed by atoms with Crippen molar-refractivity contribution in [2.45, 2.75) is 6.92 Å². The molecule has 0 fully saturated rings. The number of amides is 1. The van der Waals surface area contributed by atoms with Gasteiger partial charge in [0.25, 0.3) is 0 Å². The molecule has 0 N–H and O–H groups in total. The summed E-state index contributed by atoms with van der Waals surface area (Å²) in [7, 11) is 1.69. The average molecular weight is 267 g/mol. The Morgan fingerprint density at radius 1 is 0.900 bits per heavy atom. The number of nitrogens with zero attached hydrogens (tertiary/aromatic N) is 1. The molecule has 1 amide bonds. The van der Waals surface area contributed by atoms with Gasteiger partial charge >= 0.3 is 0 Å². The van der Waals surface area contributed by atoms with Crippen LogP contribution in [0.4, 0.5) is 5.69 Å². The maximum atomic E-state index is 12.4. The molecule has 20 heavy (non-hydrogen) atoms. The van der Waals surface area contributed by atoms with E-state index >= 15 is 0 Å². The van der Waals surface area contributed by atoms with Gasteiger partial charge in [0.1, 0.15) is 0 Å². The molecule has 2 rings (SSSR count). The van der Waals surface area contributed by atoms with Crippen LogP contribution in [-0.4, -0.2) is 18.7 Å². The molecule has 0 aromatic heterocycles. The first kappa shape index (κ1) is 14.0. The third-order valence-corrected chi connectivity index (χ3v) is 3.30. The van der Waals surface area contributed by atoms with Crippen LogP contribution in [0.15, 0.2) is 60.7 Å². The lowest BCUT2D eigenvalue weighted by Crippen LogP contribution is -2.35. The van der Waals surface area contributed by atoms with Gasteiger partial charge in [-0.2, -0.15) is 0 Å². The van der Waals surface area contributed by atoms with Gasteiger partial charge in [-0.3, -0.25) is 9.59 Å². The van der Waals surface area contributed by atoms with E-state index in [1.165, 1.54) is 4.90 Å². The highest BCUT2D eigenvalue weighted by molar-refractivity contribution is 6.13. The van der Waals surface area contributed by atoms with Gasteiger partial charge in [0.15, 0.2) is 5.78 Å². The number of hydrogen-bond donors (Lipinski definition) is 0. The zero-order valence-electron chi connectivity index (χ0n) is 11.6. The summed E-state index contributed by atoms with van der Waals surface area (Å²) in [6, 6.07) is 18.2. The summed E-state index contributed by atoms with van der Waals surface area (Å²) in [6.07, 6.45) is 0. The first-order valence-electron chi connectivity index (χ1n) is 6.53. The standard InChI is InChI=1S/C17H17NO2/c1-13(16(19)14-9-5-3-6-10-14)17(20)18(2)15-11-7-4-8-12-15/h3-13H,1-2H3. The number of Topliss-reactive ketones (excluding diaryl/α,β-unsaturated/α-hetero) is 1. The molecule has 1 atom stereocenters. The highest BCUT2D eigenvalue weighted by Crippen LogP contribution is 2.17. The molecule has 0 spiro atoms. The van der Waals surface area contributed by atoms with Gasteiger partial charge in [0.05, 0.1) is 5.92 Å². The molecule has 0 heterocycles. The lowest BCUT2D eigenvalue weighted by molar-refractivity contribution is -0.120. The van der Waals surface area contributed by atoms with E-state index in [1.807, 2.05) is 36.4 Å². The minimum Gasteiger partial charge on any atom is -0.315 e. The van der Waals surface area contributed by atoms with E-state index in [-0.39, 0.29) is 11.7 Å². The van der Waals surface area contributed by atoms with Crippen LogP contribution in [0.3, 0.4) is 0 Å². The summed E-state index contributed by atoms with van der Waals surface area (Å²) in [5.74, 6) is -1.05.